The number of hydrogen-bond donors (Lipinski definition) is 1. The first kappa shape index (κ1) is 25.0. The first-order valence-corrected chi connectivity index (χ1v) is 12.9. The van der Waals surface area contributed by atoms with Gasteiger partial charge in [-0.25, -0.2) is 4.79 Å². The molecule has 3 aliphatic rings. The number of carbonyl (C=O) groups excluding carboxylic acids is 4. The lowest BCUT2D eigenvalue weighted by molar-refractivity contribution is -0.136. The lowest BCUT2D eigenvalue weighted by Gasteiger charge is -2.29. The molecule has 194 valence electrons. The van der Waals surface area contributed by atoms with Gasteiger partial charge < -0.3 is 19.4 Å². The fourth-order valence-electron chi connectivity index (χ4n) is 5.26. The molecule has 2 aromatic rings. The maximum Gasteiger partial charge on any atom is 0.410 e. The number of ether oxygens (including phenoxy) is 1. The van der Waals surface area contributed by atoms with E-state index < -0.39 is 11.9 Å². The largest absolute Gasteiger partial charge is 0.445 e. The SMILES string of the molecule is O=C1CC[C@H](N2Cc3cc(CCN4CCCN(C(=O)OCc5ccccc5)CC4)ccc3C2=O)C(=O)N1. The van der Waals surface area contributed by atoms with Crippen LogP contribution in [0.25, 0.3) is 0 Å². The molecule has 0 saturated carbocycles. The second-order valence-corrected chi connectivity index (χ2v) is 9.86. The van der Waals surface area contributed by atoms with Gasteiger partial charge in [0.2, 0.25) is 11.8 Å². The predicted octanol–water partition coefficient (Wildman–Crippen LogP) is 2.33. The molecule has 1 N–H and O–H groups in total. The van der Waals surface area contributed by atoms with Crippen molar-refractivity contribution in [2.24, 2.45) is 0 Å². The Kier molecular flexibility index (Phi) is 7.50. The van der Waals surface area contributed by atoms with Gasteiger partial charge in [-0.2, -0.15) is 0 Å². The Morgan fingerprint density at radius 3 is 2.62 bits per heavy atom. The van der Waals surface area contributed by atoms with Crippen molar-refractivity contribution < 1.29 is 23.9 Å². The number of hydrogen-bond acceptors (Lipinski definition) is 6. The van der Waals surface area contributed by atoms with Crippen molar-refractivity contribution in [2.75, 3.05) is 32.7 Å². The topological polar surface area (TPSA) is 99.3 Å². The number of piperidine rings is 1. The Bertz CT molecular complexity index is 1180. The zero-order valence-corrected chi connectivity index (χ0v) is 20.9. The summed E-state index contributed by atoms with van der Waals surface area (Å²) in [5.74, 6) is -0.826. The van der Waals surface area contributed by atoms with E-state index in [-0.39, 0.29) is 30.9 Å². The molecule has 0 bridgehead atoms. The third-order valence-electron chi connectivity index (χ3n) is 7.36. The molecule has 0 aromatic heterocycles. The molecule has 1 atom stereocenters. The van der Waals surface area contributed by atoms with Gasteiger partial charge in [0, 0.05) is 44.7 Å². The zero-order valence-electron chi connectivity index (χ0n) is 20.9. The maximum atomic E-state index is 12.9. The zero-order chi connectivity index (χ0) is 25.8. The average Bonchev–Trinajstić information content (AvgIpc) is 3.06. The number of rotatable bonds is 6. The summed E-state index contributed by atoms with van der Waals surface area (Å²) in [6.45, 7) is 4.53. The minimum atomic E-state index is -0.597. The van der Waals surface area contributed by atoms with E-state index in [2.05, 4.69) is 16.3 Å². The predicted molar refractivity (Wildman–Crippen MR) is 135 cm³/mol. The number of amides is 4. The molecule has 2 saturated heterocycles. The van der Waals surface area contributed by atoms with Crippen LogP contribution >= 0.6 is 0 Å². The molecule has 3 aliphatic heterocycles. The van der Waals surface area contributed by atoms with Crippen molar-refractivity contribution in [3.8, 4) is 0 Å². The van der Waals surface area contributed by atoms with E-state index in [1.165, 1.54) is 0 Å². The maximum absolute atomic E-state index is 12.9. The summed E-state index contributed by atoms with van der Waals surface area (Å²) in [4.78, 5) is 54.9. The third-order valence-corrected chi connectivity index (χ3v) is 7.36. The summed E-state index contributed by atoms with van der Waals surface area (Å²) < 4.78 is 5.50. The molecule has 5 rings (SSSR count). The number of nitrogens with zero attached hydrogens (tertiary/aromatic N) is 3. The molecule has 0 aliphatic carbocycles. The molecule has 4 amide bonds. The molecule has 2 fully saturated rings. The molecule has 0 spiro atoms. The van der Waals surface area contributed by atoms with E-state index in [1.54, 1.807) is 9.80 Å². The third kappa shape index (κ3) is 5.83. The van der Waals surface area contributed by atoms with Gasteiger partial charge in [0.1, 0.15) is 12.6 Å². The van der Waals surface area contributed by atoms with Crippen LogP contribution in [0, 0.1) is 0 Å². The van der Waals surface area contributed by atoms with Crippen LogP contribution in [0.1, 0.15) is 46.3 Å². The summed E-state index contributed by atoms with van der Waals surface area (Å²) in [7, 11) is 0. The average molecular weight is 505 g/mol. The van der Waals surface area contributed by atoms with Crippen LogP contribution in [0.5, 0.6) is 0 Å². The van der Waals surface area contributed by atoms with Crippen molar-refractivity contribution >= 4 is 23.8 Å². The Labute approximate surface area is 216 Å². The highest BCUT2D eigenvalue weighted by Crippen LogP contribution is 2.28. The lowest BCUT2D eigenvalue weighted by Crippen LogP contribution is -2.52. The van der Waals surface area contributed by atoms with E-state index in [9.17, 15) is 19.2 Å². The van der Waals surface area contributed by atoms with Crippen molar-refractivity contribution in [3.63, 3.8) is 0 Å². The fraction of sp³-hybridized carbons (Fsp3) is 0.429. The van der Waals surface area contributed by atoms with Gasteiger partial charge in [-0.15, -0.1) is 0 Å². The molecular formula is C28H32N4O5. The Morgan fingerprint density at radius 2 is 1.81 bits per heavy atom. The van der Waals surface area contributed by atoms with Gasteiger partial charge in [-0.05, 0) is 48.6 Å². The van der Waals surface area contributed by atoms with E-state index in [0.717, 1.165) is 49.2 Å². The molecule has 0 unspecified atom stereocenters. The number of nitrogens with one attached hydrogen (secondary N) is 1. The highest BCUT2D eigenvalue weighted by molar-refractivity contribution is 6.05. The summed E-state index contributed by atoms with van der Waals surface area (Å²) >= 11 is 0. The van der Waals surface area contributed by atoms with Crippen molar-refractivity contribution in [2.45, 2.75) is 44.9 Å². The Hall–Kier alpha value is -3.72. The fourth-order valence-corrected chi connectivity index (χ4v) is 5.26. The van der Waals surface area contributed by atoms with Crippen LogP contribution in [0.3, 0.4) is 0 Å². The minimum Gasteiger partial charge on any atom is -0.445 e. The van der Waals surface area contributed by atoms with Gasteiger partial charge in [-0.3, -0.25) is 19.7 Å². The van der Waals surface area contributed by atoms with Gasteiger partial charge >= 0.3 is 6.09 Å². The monoisotopic (exact) mass is 504 g/mol. The standard InChI is InChI=1S/C28H32N4O5/c33-25-10-9-24(26(34)29-25)32-18-22-17-20(7-8-23(22)27(32)35)11-14-30-12-4-13-31(16-15-30)28(36)37-19-21-5-2-1-3-6-21/h1-3,5-8,17,24H,4,9-16,18-19H2,(H,29,33,34)/t24-/m0/s1. The molecule has 0 radical (unpaired) electrons. The minimum absolute atomic E-state index is 0.150. The molecule has 3 heterocycles. The number of carbonyl (C=O) groups is 4. The highest BCUT2D eigenvalue weighted by atomic mass is 16.6. The second-order valence-electron chi connectivity index (χ2n) is 9.86. The summed E-state index contributed by atoms with van der Waals surface area (Å²) in [6, 6.07) is 15.0. The highest BCUT2D eigenvalue weighted by Gasteiger charge is 2.39. The van der Waals surface area contributed by atoms with Crippen LogP contribution in [-0.2, 0) is 33.9 Å². The summed E-state index contributed by atoms with van der Waals surface area (Å²) in [5.41, 5.74) is 3.67. The van der Waals surface area contributed by atoms with Gasteiger partial charge in [0.05, 0.1) is 0 Å². The summed E-state index contributed by atoms with van der Waals surface area (Å²) in [6.07, 6.45) is 2.07. The molecule has 2 aromatic carbocycles. The first-order chi connectivity index (χ1) is 18.0. The molecular weight excluding hydrogens is 472 g/mol. The Morgan fingerprint density at radius 1 is 0.973 bits per heavy atom. The molecule has 9 heteroatoms. The number of fused-ring (bicyclic) bond motifs is 1. The smallest absolute Gasteiger partial charge is 0.410 e. The van der Waals surface area contributed by atoms with E-state index >= 15 is 0 Å². The van der Waals surface area contributed by atoms with Crippen LogP contribution in [0.4, 0.5) is 4.79 Å². The first-order valence-electron chi connectivity index (χ1n) is 12.9. The van der Waals surface area contributed by atoms with Crippen LogP contribution in [0.2, 0.25) is 0 Å². The Balaban J connectivity index is 1.11. The molecule has 9 nitrogen and oxygen atoms in total. The van der Waals surface area contributed by atoms with E-state index in [0.29, 0.717) is 31.6 Å². The van der Waals surface area contributed by atoms with Crippen LogP contribution in [-0.4, -0.2) is 77.3 Å². The normalized spacial score (nSPS) is 20.4. The van der Waals surface area contributed by atoms with E-state index in [1.807, 2.05) is 42.5 Å². The van der Waals surface area contributed by atoms with Crippen LogP contribution in [0.15, 0.2) is 48.5 Å². The summed E-state index contributed by atoms with van der Waals surface area (Å²) in [5, 5.41) is 2.34. The van der Waals surface area contributed by atoms with Crippen molar-refractivity contribution in [1.29, 1.82) is 0 Å². The van der Waals surface area contributed by atoms with Crippen LogP contribution < -0.4 is 5.32 Å². The van der Waals surface area contributed by atoms with Crippen molar-refractivity contribution in [3.05, 3.63) is 70.8 Å². The second kappa shape index (κ2) is 11.1. The quantitative estimate of drug-likeness (QED) is 0.607. The van der Waals surface area contributed by atoms with Gasteiger partial charge in [0.15, 0.2) is 0 Å². The number of benzene rings is 2. The van der Waals surface area contributed by atoms with Gasteiger partial charge in [0.25, 0.3) is 5.91 Å². The molecule has 37 heavy (non-hydrogen) atoms. The van der Waals surface area contributed by atoms with Crippen molar-refractivity contribution in [1.82, 2.24) is 20.0 Å². The van der Waals surface area contributed by atoms with E-state index in [4.69, 9.17) is 4.74 Å². The van der Waals surface area contributed by atoms with Gasteiger partial charge in [-0.1, -0.05) is 42.5 Å². The lowest BCUT2D eigenvalue weighted by atomic mass is 10.0. The number of imide groups is 1.